The highest BCUT2D eigenvalue weighted by molar-refractivity contribution is 7.90. The molecule has 2 amide bonds. The fourth-order valence-corrected chi connectivity index (χ4v) is 3.12. The van der Waals surface area contributed by atoms with E-state index in [2.05, 4.69) is 41.7 Å². The molecular formula is C14H13Cl3N4O6S. The van der Waals surface area contributed by atoms with Gasteiger partial charge >= 0.3 is 12.0 Å². The zero-order valence-electron chi connectivity index (χ0n) is 14.3. The third-order valence-electron chi connectivity index (χ3n) is 2.91. The first-order chi connectivity index (χ1) is 13.3. The van der Waals surface area contributed by atoms with E-state index in [0.717, 1.165) is 13.2 Å². The standard InChI is InChI=1S/C14H13ClN4O6S.Cl2/c1-24-11-7-10(15)16-13(17-11)18-14(21)19-26(22,23)9-6-4-3-5-8(9)12(20)25-2;1-2/h3-7H,1-2H3,(H2,16,17,18,19,21);. The van der Waals surface area contributed by atoms with E-state index >= 15 is 0 Å². The van der Waals surface area contributed by atoms with Crippen LogP contribution in [0.5, 0.6) is 5.88 Å². The molecule has 1 heterocycles. The topological polar surface area (TPSA) is 137 Å². The summed E-state index contributed by atoms with van der Waals surface area (Å²) in [4.78, 5) is 30.8. The molecule has 152 valence electrons. The zero-order chi connectivity index (χ0) is 21.3. The highest BCUT2D eigenvalue weighted by Crippen LogP contribution is 2.18. The van der Waals surface area contributed by atoms with Gasteiger partial charge in [0, 0.05) is 27.8 Å². The number of anilines is 1. The largest absolute Gasteiger partial charge is 0.481 e. The van der Waals surface area contributed by atoms with Gasteiger partial charge in [-0.05, 0) is 12.1 Å². The van der Waals surface area contributed by atoms with E-state index in [9.17, 15) is 18.0 Å². The molecule has 0 aliphatic carbocycles. The van der Waals surface area contributed by atoms with Crippen molar-refractivity contribution in [2.45, 2.75) is 4.90 Å². The van der Waals surface area contributed by atoms with Gasteiger partial charge in [-0.25, -0.2) is 27.7 Å². The Morgan fingerprint density at radius 2 is 1.75 bits per heavy atom. The Hall–Kier alpha value is -2.34. The number of carbonyl (C=O) groups excluding carboxylic acids is 2. The second-order valence-corrected chi connectivity index (χ2v) is 6.64. The quantitative estimate of drug-likeness (QED) is 0.502. The van der Waals surface area contributed by atoms with Gasteiger partial charge in [-0.15, -0.1) is 0 Å². The van der Waals surface area contributed by atoms with E-state index in [-0.39, 0.29) is 22.5 Å². The molecule has 0 saturated heterocycles. The number of urea groups is 1. The molecule has 2 N–H and O–H groups in total. The predicted molar refractivity (Wildman–Crippen MR) is 102 cm³/mol. The van der Waals surface area contributed by atoms with Crippen LogP contribution in [0.3, 0.4) is 0 Å². The van der Waals surface area contributed by atoms with Crippen LogP contribution in [0.1, 0.15) is 10.4 Å². The SMILES string of the molecule is COC(=O)c1ccccc1S(=O)(=O)NC(=O)Nc1nc(Cl)cc(OC)n1.ClCl. The third-order valence-corrected chi connectivity index (χ3v) is 4.50. The lowest BCUT2D eigenvalue weighted by molar-refractivity contribution is 0.0596. The van der Waals surface area contributed by atoms with Crippen LogP contribution in [-0.4, -0.2) is 44.6 Å². The number of methoxy groups -OCH3 is 2. The Morgan fingerprint density at radius 1 is 1.11 bits per heavy atom. The van der Waals surface area contributed by atoms with Crippen molar-refractivity contribution < 1.29 is 27.5 Å². The first kappa shape index (κ1) is 23.7. The van der Waals surface area contributed by atoms with Crippen molar-refractivity contribution >= 4 is 61.3 Å². The maximum atomic E-state index is 12.4. The fraction of sp³-hybridized carbons (Fsp3) is 0.143. The molecule has 0 unspecified atom stereocenters. The van der Waals surface area contributed by atoms with E-state index in [0.29, 0.717) is 0 Å². The number of ether oxygens (including phenoxy) is 2. The normalized spacial score (nSPS) is 10.2. The van der Waals surface area contributed by atoms with Gasteiger partial charge in [-0.1, -0.05) is 23.7 Å². The summed E-state index contributed by atoms with van der Waals surface area (Å²) in [6.45, 7) is 0. The summed E-state index contributed by atoms with van der Waals surface area (Å²) in [7, 11) is 6.29. The zero-order valence-corrected chi connectivity index (χ0v) is 17.4. The number of nitrogens with one attached hydrogen (secondary N) is 2. The summed E-state index contributed by atoms with van der Waals surface area (Å²) in [5, 5.41) is 2.09. The van der Waals surface area contributed by atoms with Crippen LogP contribution in [0, 0.1) is 0 Å². The molecule has 2 rings (SSSR count). The summed E-state index contributed by atoms with van der Waals surface area (Å²) < 4.78 is 35.9. The van der Waals surface area contributed by atoms with E-state index in [1.54, 1.807) is 4.72 Å². The van der Waals surface area contributed by atoms with Crippen molar-refractivity contribution in [2.75, 3.05) is 19.5 Å². The Balaban J connectivity index is 0.00000190. The first-order valence-corrected chi connectivity index (χ1v) is 10.0. The lowest BCUT2D eigenvalue weighted by Crippen LogP contribution is -2.35. The minimum atomic E-state index is -4.37. The molecule has 0 spiro atoms. The molecule has 10 nitrogen and oxygen atoms in total. The smallest absolute Gasteiger partial charge is 0.339 e. The average Bonchev–Trinajstić information content (AvgIpc) is 2.67. The lowest BCUT2D eigenvalue weighted by atomic mass is 10.2. The molecule has 14 heteroatoms. The first-order valence-electron chi connectivity index (χ1n) is 7.01. The predicted octanol–water partition coefficient (Wildman–Crippen LogP) is 2.81. The van der Waals surface area contributed by atoms with Gasteiger partial charge in [-0.2, -0.15) is 4.98 Å². The van der Waals surface area contributed by atoms with Gasteiger partial charge in [0.25, 0.3) is 10.0 Å². The van der Waals surface area contributed by atoms with E-state index in [1.807, 2.05) is 0 Å². The molecule has 0 fully saturated rings. The molecular weight excluding hydrogens is 459 g/mol. The molecule has 1 aromatic carbocycles. The van der Waals surface area contributed by atoms with Crippen molar-refractivity contribution in [3.05, 3.63) is 41.0 Å². The van der Waals surface area contributed by atoms with Crippen LogP contribution in [0.2, 0.25) is 5.15 Å². The van der Waals surface area contributed by atoms with Crippen molar-refractivity contribution in [1.82, 2.24) is 14.7 Å². The molecule has 0 radical (unpaired) electrons. The minimum absolute atomic E-state index is 0.0222. The molecule has 0 aliphatic heterocycles. The van der Waals surface area contributed by atoms with Gasteiger partial charge in [0.1, 0.15) is 10.0 Å². The van der Waals surface area contributed by atoms with E-state index < -0.39 is 26.9 Å². The van der Waals surface area contributed by atoms with Crippen LogP contribution in [0.25, 0.3) is 0 Å². The number of amides is 2. The number of nitrogens with zero attached hydrogens (tertiary/aromatic N) is 2. The fourth-order valence-electron chi connectivity index (χ4n) is 1.84. The van der Waals surface area contributed by atoms with Gasteiger partial charge in [-0.3, -0.25) is 5.32 Å². The highest BCUT2D eigenvalue weighted by atomic mass is 36.5. The van der Waals surface area contributed by atoms with Crippen LogP contribution in [0.15, 0.2) is 35.2 Å². The maximum absolute atomic E-state index is 12.4. The third kappa shape index (κ3) is 6.37. The molecule has 0 saturated carbocycles. The Bertz CT molecular complexity index is 958. The van der Waals surface area contributed by atoms with Gasteiger partial charge in [0.15, 0.2) is 0 Å². The lowest BCUT2D eigenvalue weighted by Gasteiger charge is -2.11. The number of halogens is 3. The Morgan fingerprint density at radius 3 is 2.36 bits per heavy atom. The molecule has 28 heavy (non-hydrogen) atoms. The van der Waals surface area contributed by atoms with E-state index in [4.69, 9.17) is 16.3 Å². The number of carbonyl (C=O) groups is 2. The monoisotopic (exact) mass is 470 g/mol. The van der Waals surface area contributed by atoms with Crippen LogP contribution in [-0.2, 0) is 14.8 Å². The highest BCUT2D eigenvalue weighted by Gasteiger charge is 2.25. The van der Waals surface area contributed by atoms with Crippen LogP contribution < -0.4 is 14.8 Å². The average molecular weight is 472 g/mol. The van der Waals surface area contributed by atoms with Crippen molar-refractivity contribution in [3.63, 3.8) is 0 Å². The minimum Gasteiger partial charge on any atom is -0.481 e. The molecule has 2 aromatic rings. The van der Waals surface area contributed by atoms with Crippen LogP contribution >= 0.6 is 33.3 Å². The van der Waals surface area contributed by atoms with Gasteiger partial charge in [0.05, 0.1) is 19.8 Å². The second-order valence-electron chi connectivity index (χ2n) is 4.60. The second kappa shape index (κ2) is 10.9. The van der Waals surface area contributed by atoms with Crippen molar-refractivity contribution in [1.29, 1.82) is 0 Å². The van der Waals surface area contributed by atoms with E-state index in [1.165, 1.54) is 31.4 Å². The molecule has 0 bridgehead atoms. The number of aromatic nitrogens is 2. The van der Waals surface area contributed by atoms with Crippen molar-refractivity contribution in [2.24, 2.45) is 0 Å². The number of hydrogen-bond donors (Lipinski definition) is 2. The van der Waals surface area contributed by atoms with Crippen LogP contribution in [0.4, 0.5) is 10.7 Å². The van der Waals surface area contributed by atoms with Crippen molar-refractivity contribution in [3.8, 4) is 5.88 Å². The van der Waals surface area contributed by atoms with Gasteiger partial charge < -0.3 is 9.47 Å². The Kier molecular flexibility index (Phi) is 9.19. The summed E-state index contributed by atoms with van der Waals surface area (Å²) in [6, 6.07) is 5.40. The Labute approximate surface area is 174 Å². The summed E-state index contributed by atoms with van der Waals surface area (Å²) in [5.41, 5.74) is -0.226. The van der Waals surface area contributed by atoms with Gasteiger partial charge in [0.2, 0.25) is 11.8 Å². The molecule has 1 aromatic heterocycles. The maximum Gasteiger partial charge on any atom is 0.339 e. The molecule has 0 aliphatic rings. The number of hydrogen-bond acceptors (Lipinski definition) is 8. The number of benzene rings is 1. The molecule has 0 atom stereocenters. The number of sulfonamides is 1. The number of esters is 1. The summed E-state index contributed by atoms with van der Waals surface area (Å²) in [6.07, 6.45) is 0. The summed E-state index contributed by atoms with van der Waals surface area (Å²) in [5.74, 6) is -1.07. The number of rotatable bonds is 5. The summed E-state index contributed by atoms with van der Waals surface area (Å²) >= 11 is 5.74.